The molecular weight excluding hydrogens is 265 g/mol. The van der Waals surface area contributed by atoms with Crippen molar-refractivity contribution in [2.45, 2.75) is 5.41 Å². The Hall–Kier alpha value is -1.13. The molecule has 6 heteroatoms. The van der Waals surface area contributed by atoms with E-state index in [-0.39, 0.29) is 23.1 Å². The lowest BCUT2D eigenvalue weighted by Gasteiger charge is -2.24. The molecular formula is C11H11Cl2NO3. The molecule has 1 heterocycles. The van der Waals surface area contributed by atoms with Crippen molar-refractivity contribution in [3.8, 4) is 5.75 Å². The number of rotatable bonds is 3. The number of phenols is 1. The average molecular weight is 276 g/mol. The van der Waals surface area contributed by atoms with Crippen LogP contribution in [0.3, 0.4) is 0 Å². The van der Waals surface area contributed by atoms with Crippen LogP contribution in [0.1, 0.15) is 15.9 Å². The molecule has 17 heavy (non-hydrogen) atoms. The monoisotopic (exact) mass is 275 g/mol. The molecule has 1 aliphatic heterocycles. The third-order valence-electron chi connectivity index (χ3n) is 3.01. The zero-order valence-corrected chi connectivity index (χ0v) is 10.3. The fraction of sp³-hybridized carbons (Fsp3) is 0.364. The van der Waals surface area contributed by atoms with Gasteiger partial charge in [0.05, 0.1) is 5.56 Å². The maximum Gasteiger partial charge on any atom is 0.336 e. The van der Waals surface area contributed by atoms with Gasteiger partial charge in [0.2, 0.25) is 0 Å². The van der Waals surface area contributed by atoms with E-state index in [0.717, 1.165) is 0 Å². The van der Waals surface area contributed by atoms with Gasteiger partial charge in [-0.1, -0.05) is 0 Å². The molecule has 0 atom stereocenters. The summed E-state index contributed by atoms with van der Waals surface area (Å²) in [5.41, 5.74) is 0.614. The molecule has 4 nitrogen and oxygen atoms in total. The van der Waals surface area contributed by atoms with E-state index in [2.05, 4.69) is 5.32 Å². The lowest BCUT2D eigenvalue weighted by molar-refractivity contribution is 0.0694. The van der Waals surface area contributed by atoms with Gasteiger partial charge in [-0.05, 0) is 6.07 Å². The summed E-state index contributed by atoms with van der Waals surface area (Å²) in [6.45, 7) is 0.471. The number of carbonyl (C=O) groups is 1. The molecule has 0 aromatic heterocycles. The van der Waals surface area contributed by atoms with Crippen LogP contribution in [0.2, 0.25) is 0 Å². The topological polar surface area (TPSA) is 69.6 Å². The van der Waals surface area contributed by atoms with Crippen LogP contribution in [0.15, 0.2) is 12.1 Å². The summed E-state index contributed by atoms with van der Waals surface area (Å²) in [5, 5.41) is 21.7. The van der Waals surface area contributed by atoms with E-state index in [1.54, 1.807) is 0 Å². The number of carboxylic acids is 1. The molecule has 0 radical (unpaired) electrons. The quantitative estimate of drug-likeness (QED) is 0.740. The molecule has 0 aliphatic carbocycles. The first-order valence-corrected chi connectivity index (χ1v) is 6.07. The smallest absolute Gasteiger partial charge is 0.336 e. The first kappa shape index (κ1) is 12.3. The van der Waals surface area contributed by atoms with Gasteiger partial charge in [-0.2, -0.15) is 0 Å². The second-order valence-corrected chi connectivity index (χ2v) is 4.66. The Kier molecular flexibility index (Phi) is 3.10. The Morgan fingerprint density at radius 2 is 2.06 bits per heavy atom. The molecule has 0 saturated heterocycles. The van der Waals surface area contributed by atoms with Crippen LogP contribution in [0.25, 0.3) is 0 Å². The molecule has 3 N–H and O–H groups in total. The highest BCUT2D eigenvalue weighted by molar-refractivity contribution is 6.22. The predicted molar refractivity (Wildman–Crippen MR) is 66.7 cm³/mol. The number of benzene rings is 1. The molecule has 1 aromatic rings. The Balaban J connectivity index is 2.68. The third kappa shape index (κ3) is 1.81. The van der Waals surface area contributed by atoms with Crippen molar-refractivity contribution >= 4 is 34.9 Å². The number of nitrogens with one attached hydrogen (secondary N) is 1. The molecule has 0 saturated carbocycles. The van der Waals surface area contributed by atoms with Crippen molar-refractivity contribution in [1.82, 2.24) is 0 Å². The zero-order valence-electron chi connectivity index (χ0n) is 8.83. The molecule has 0 fully saturated rings. The van der Waals surface area contributed by atoms with E-state index in [4.69, 9.17) is 23.2 Å². The fourth-order valence-corrected chi connectivity index (χ4v) is 2.86. The van der Waals surface area contributed by atoms with Crippen molar-refractivity contribution in [2.75, 3.05) is 23.6 Å². The van der Waals surface area contributed by atoms with Crippen molar-refractivity contribution in [1.29, 1.82) is 0 Å². The van der Waals surface area contributed by atoms with Gasteiger partial charge in [0, 0.05) is 41.0 Å². The fourth-order valence-electron chi connectivity index (χ4n) is 2.12. The van der Waals surface area contributed by atoms with Gasteiger partial charge in [0.1, 0.15) is 5.75 Å². The standard InChI is InChI=1S/C11H11Cl2NO3/c12-3-11(4-13)5-14-8-2-6(15)1-7(9(8)11)10(16)17/h1-2,14-15H,3-5H2,(H,16,17). The molecule has 0 spiro atoms. The van der Waals surface area contributed by atoms with Gasteiger partial charge in [-0.25, -0.2) is 4.79 Å². The maximum absolute atomic E-state index is 11.2. The number of aromatic carboxylic acids is 1. The molecule has 0 unspecified atom stereocenters. The van der Waals surface area contributed by atoms with Gasteiger partial charge >= 0.3 is 5.97 Å². The summed E-state index contributed by atoms with van der Waals surface area (Å²) in [5.74, 6) is -0.739. The third-order valence-corrected chi connectivity index (χ3v) is 4.04. The van der Waals surface area contributed by atoms with Gasteiger partial charge in [-0.15, -0.1) is 23.2 Å². The predicted octanol–water partition coefficient (Wildman–Crippen LogP) is 2.23. The van der Waals surface area contributed by atoms with Gasteiger partial charge < -0.3 is 15.5 Å². The average Bonchev–Trinajstić information content (AvgIpc) is 2.67. The van der Waals surface area contributed by atoms with Gasteiger partial charge in [0.15, 0.2) is 0 Å². The van der Waals surface area contributed by atoms with Crippen molar-refractivity contribution in [3.05, 3.63) is 23.3 Å². The highest BCUT2D eigenvalue weighted by atomic mass is 35.5. The van der Waals surface area contributed by atoms with E-state index >= 15 is 0 Å². The number of alkyl halides is 2. The van der Waals surface area contributed by atoms with E-state index < -0.39 is 11.4 Å². The highest BCUT2D eigenvalue weighted by Gasteiger charge is 2.41. The number of aromatic hydroxyl groups is 1. The summed E-state index contributed by atoms with van der Waals surface area (Å²) in [4.78, 5) is 11.2. The summed E-state index contributed by atoms with van der Waals surface area (Å²) >= 11 is 11.9. The largest absolute Gasteiger partial charge is 0.508 e. The zero-order chi connectivity index (χ0) is 12.6. The van der Waals surface area contributed by atoms with Crippen molar-refractivity contribution in [2.24, 2.45) is 0 Å². The Labute approximate surface area is 108 Å². The maximum atomic E-state index is 11.2. The SMILES string of the molecule is O=C(O)c1cc(O)cc2c1C(CCl)(CCl)CN2. The first-order chi connectivity index (χ1) is 8.04. The van der Waals surface area contributed by atoms with Crippen LogP contribution in [-0.4, -0.2) is 34.5 Å². The van der Waals surface area contributed by atoms with Crippen molar-refractivity contribution < 1.29 is 15.0 Å². The molecule has 0 bridgehead atoms. The normalized spacial score (nSPS) is 16.4. The molecule has 1 aliphatic rings. The van der Waals surface area contributed by atoms with Crippen LogP contribution in [0.4, 0.5) is 5.69 Å². The van der Waals surface area contributed by atoms with Crippen LogP contribution < -0.4 is 5.32 Å². The summed E-state index contributed by atoms with van der Waals surface area (Å²) in [6, 6.07) is 2.71. The molecule has 0 amide bonds. The van der Waals surface area contributed by atoms with E-state index in [1.165, 1.54) is 12.1 Å². The van der Waals surface area contributed by atoms with Gasteiger partial charge in [-0.3, -0.25) is 0 Å². The Morgan fingerprint density at radius 1 is 1.41 bits per heavy atom. The van der Waals surface area contributed by atoms with E-state index in [0.29, 0.717) is 17.8 Å². The highest BCUT2D eigenvalue weighted by Crippen LogP contribution is 2.42. The van der Waals surface area contributed by atoms with Gasteiger partial charge in [0.25, 0.3) is 0 Å². The summed E-state index contributed by atoms with van der Waals surface area (Å²) in [6.07, 6.45) is 0. The number of phenolic OH excluding ortho intramolecular Hbond substituents is 1. The number of anilines is 1. The Morgan fingerprint density at radius 3 is 2.59 bits per heavy atom. The van der Waals surface area contributed by atoms with Crippen LogP contribution in [0.5, 0.6) is 5.75 Å². The second kappa shape index (κ2) is 4.27. The van der Waals surface area contributed by atoms with Crippen molar-refractivity contribution in [3.63, 3.8) is 0 Å². The first-order valence-electron chi connectivity index (χ1n) is 5.00. The minimum absolute atomic E-state index is 0.0475. The lowest BCUT2D eigenvalue weighted by atomic mass is 9.83. The van der Waals surface area contributed by atoms with Crippen LogP contribution >= 0.6 is 23.2 Å². The van der Waals surface area contributed by atoms with Crippen LogP contribution in [0, 0.1) is 0 Å². The minimum atomic E-state index is -1.10. The Bertz CT molecular complexity index is 472. The van der Waals surface area contributed by atoms with E-state index in [1.807, 2.05) is 0 Å². The number of halogens is 2. The number of fused-ring (bicyclic) bond motifs is 1. The van der Waals surface area contributed by atoms with Crippen LogP contribution in [-0.2, 0) is 5.41 Å². The summed E-state index contributed by atoms with van der Waals surface area (Å²) < 4.78 is 0. The number of hydrogen-bond acceptors (Lipinski definition) is 3. The lowest BCUT2D eigenvalue weighted by Crippen LogP contribution is -2.34. The molecule has 2 rings (SSSR count). The number of carboxylic acid groups (broad SMARTS) is 1. The molecule has 92 valence electrons. The number of hydrogen-bond donors (Lipinski definition) is 3. The minimum Gasteiger partial charge on any atom is -0.508 e. The summed E-state index contributed by atoms with van der Waals surface area (Å²) in [7, 11) is 0. The second-order valence-electron chi connectivity index (χ2n) is 4.12. The molecule has 1 aromatic carbocycles. The van der Waals surface area contributed by atoms with E-state index in [9.17, 15) is 15.0 Å².